The van der Waals surface area contributed by atoms with Gasteiger partial charge in [-0.15, -0.1) is 0 Å². The highest BCUT2D eigenvalue weighted by molar-refractivity contribution is 14.1. The third-order valence-electron chi connectivity index (χ3n) is 2.08. The van der Waals surface area contributed by atoms with Crippen LogP contribution in [0.15, 0.2) is 18.2 Å². The second kappa shape index (κ2) is 3.11. The van der Waals surface area contributed by atoms with Gasteiger partial charge in [0.25, 0.3) is 0 Å². The van der Waals surface area contributed by atoms with Gasteiger partial charge >= 0.3 is 0 Å². The topological polar surface area (TPSA) is 12.0 Å². The van der Waals surface area contributed by atoms with Gasteiger partial charge in [-0.2, -0.15) is 0 Å². The van der Waals surface area contributed by atoms with Gasteiger partial charge < -0.3 is 5.32 Å². The molecule has 0 saturated carbocycles. The first kappa shape index (κ1) is 7.55. The van der Waals surface area contributed by atoms with Crippen molar-refractivity contribution >= 4 is 22.6 Å². The van der Waals surface area contributed by atoms with Gasteiger partial charge in [-0.05, 0) is 52.7 Å². The van der Waals surface area contributed by atoms with Crippen LogP contribution >= 0.6 is 22.6 Å². The number of halogens is 1. The molecule has 0 amide bonds. The minimum atomic E-state index is 1.05. The Morgan fingerprint density at radius 1 is 1.36 bits per heavy atom. The lowest BCUT2D eigenvalue weighted by atomic mass is 10.0. The van der Waals surface area contributed by atoms with Crippen molar-refractivity contribution < 1.29 is 0 Å². The van der Waals surface area contributed by atoms with Crippen molar-refractivity contribution in [3.8, 4) is 0 Å². The first-order chi connectivity index (χ1) is 5.38. The molecule has 1 nitrogen and oxygen atoms in total. The smallest absolute Gasteiger partial charge is 0.0208 e. The maximum atomic E-state index is 3.36. The Bertz CT molecular complexity index is 270. The molecule has 1 aliphatic rings. The van der Waals surface area contributed by atoms with Crippen molar-refractivity contribution in [2.45, 2.75) is 13.0 Å². The predicted octanol–water partition coefficient (Wildman–Crippen LogP) is 1.94. The van der Waals surface area contributed by atoms with E-state index in [-0.39, 0.29) is 0 Å². The summed E-state index contributed by atoms with van der Waals surface area (Å²) >= 11 is 2.42. The van der Waals surface area contributed by atoms with Gasteiger partial charge in [-0.1, -0.05) is 12.1 Å². The van der Waals surface area contributed by atoms with E-state index in [9.17, 15) is 0 Å². The summed E-state index contributed by atoms with van der Waals surface area (Å²) in [5, 5.41) is 3.36. The van der Waals surface area contributed by atoms with Crippen LogP contribution in [0.4, 0.5) is 0 Å². The summed E-state index contributed by atoms with van der Waals surface area (Å²) in [5.41, 5.74) is 3.02. The summed E-state index contributed by atoms with van der Waals surface area (Å²) in [6.07, 6.45) is 1.19. The van der Waals surface area contributed by atoms with Crippen molar-refractivity contribution in [1.29, 1.82) is 0 Å². The molecule has 0 fully saturated rings. The fourth-order valence-electron chi connectivity index (χ4n) is 1.49. The minimum Gasteiger partial charge on any atom is -0.312 e. The van der Waals surface area contributed by atoms with Crippen LogP contribution in [0.3, 0.4) is 0 Å². The molecule has 0 spiro atoms. The van der Waals surface area contributed by atoms with E-state index >= 15 is 0 Å². The van der Waals surface area contributed by atoms with Gasteiger partial charge in [0.1, 0.15) is 0 Å². The highest BCUT2D eigenvalue weighted by Crippen LogP contribution is 2.19. The van der Waals surface area contributed by atoms with Crippen LogP contribution in [0, 0.1) is 3.57 Å². The third-order valence-corrected chi connectivity index (χ3v) is 3.09. The zero-order valence-corrected chi connectivity index (χ0v) is 8.39. The monoisotopic (exact) mass is 259 g/mol. The molecule has 0 saturated heterocycles. The van der Waals surface area contributed by atoms with E-state index < -0.39 is 0 Å². The van der Waals surface area contributed by atoms with Crippen LogP contribution in [0.25, 0.3) is 0 Å². The average molecular weight is 259 g/mol. The Morgan fingerprint density at radius 2 is 2.27 bits per heavy atom. The first-order valence-corrected chi connectivity index (χ1v) is 4.93. The molecular weight excluding hydrogens is 249 g/mol. The predicted molar refractivity (Wildman–Crippen MR) is 54.6 cm³/mol. The van der Waals surface area contributed by atoms with E-state index in [1.54, 1.807) is 5.56 Å². The molecule has 11 heavy (non-hydrogen) atoms. The van der Waals surface area contributed by atoms with Crippen LogP contribution in [0.1, 0.15) is 11.1 Å². The Balaban J connectivity index is 2.49. The van der Waals surface area contributed by atoms with Crippen LogP contribution in [0.2, 0.25) is 0 Å². The van der Waals surface area contributed by atoms with E-state index in [2.05, 4.69) is 46.1 Å². The van der Waals surface area contributed by atoms with Gasteiger partial charge in [0.2, 0.25) is 0 Å². The van der Waals surface area contributed by atoms with Crippen LogP contribution in [-0.4, -0.2) is 6.54 Å². The highest BCUT2D eigenvalue weighted by Gasteiger charge is 2.09. The number of nitrogens with one attached hydrogen (secondary N) is 1. The third kappa shape index (κ3) is 1.42. The number of benzene rings is 1. The molecule has 1 aromatic rings. The normalized spacial score (nSPS) is 16.1. The summed E-state index contributed by atoms with van der Waals surface area (Å²) in [7, 11) is 0. The van der Waals surface area contributed by atoms with Crippen molar-refractivity contribution in [1.82, 2.24) is 5.32 Å². The second-order valence-electron chi connectivity index (χ2n) is 2.80. The average Bonchev–Trinajstić information content (AvgIpc) is 2.06. The van der Waals surface area contributed by atoms with E-state index in [0.717, 1.165) is 13.1 Å². The molecule has 1 aromatic carbocycles. The van der Waals surface area contributed by atoms with Gasteiger partial charge in [-0.25, -0.2) is 0 Å². The maximum Gasteiger partial charge on any atom is 0.0208 e. The zero-order chi connectivity index (χ0) is 7.68. The van der Waals surface area contributed by atoms with E-state index in [0.29, 0.717) is 0 Å². The fraction of sp³-hybridized carbons (Fsp3) is 0.333. The molecule has 0 unspecified atom stereocenters. The zero-order valence-electron chi connectivity index (χ0n) is 6.23. The molecule has 58 valence electrons. The lowest BCUT2D eigenvalue weighted by molar-refractivity contribution is 0.642. The van der Waals surface area contributed by atoms with E-state index in [4.69, 9.17) is 0 Å². The summed E-state index contributed by atoms with van der Waals surface area (Å²) in [4.78, 5) is 0. The van der Waals surface area contributed by atoms with Crippen molar-refractivity contribution in [2.24, 2.45) is 0 Å². The fourth-order valence-corrected chi connectivity index (χ4v) is 2.31. The molecule has 2 rings (SSSR count). The second-order valence-corrected chi connectivity index (χ2v) is 3.97. The summed E-state index contributed by atoms with van der Waals surface area (Å²) < 4.78 is 1.42. The largest absolute Gasteiger partial charge is 0.312 e. The Kier molecular flexibility index (Phi) is 2.13. The van der Waals surface area contributed by atoms with Gasteiger partial charge in [0.15, 0.2) is 0 Å². The summed E-state index contributed by atoms with van der Waals surface area (Å²) in [6, 6.07) is 6.53. The molecule has 1 aliphatic heterocycles. The molecular formula is C9H10IN. The molecule has 0 radical (unpaired) electrons. The van der Waals surface area contributed by atoms with Gasteiger partial charge in [0, 0.05) is 10.1 Å². The minimum absolute atomic E-state index is 1.05. The Morgan fingerprint density at radius 3 is 3.09 bits per heavy atom. The van der Waals surface area contributed by atoms with E-state index in [1.807, 2.05) is 0 Å². The van der Waals surface area contributed by atoms with Crippen molar-refractivity contribution in [3.63, 3.8) is 0 Å². The summed E-state index contributed by atoms with van der Waals surface area (Å²) in [6.45, 7) is 2.18. The Labute approximate surface area is 80.3 Å². The quantitative estimate of drug-likeness (QED) is 0.702. The molecule has 0 atom stereocenters. The van der Waals surface area contributed by atoms with E-state index in [1.165, 1.54) is 15.6 Å². The SMILES string of the molecule is Ic1cccc2c1CCNC2. The number of hydrogen-bond donors (Lipinski definition) is 1. The standard InChI is InChI=1S/C9H10IN/c10-9-3-1-2-7-6-11-5-4-8(7)9/h1-3,11H,4-6H2. The van der Waals surface area contributed by atoms with Crippen molar-refractivity contribution in [2.75, 3.05) is 6.54 Å². The van der Waals surface area contributed by atoms with Crippen LogP contribution < -0.4 is 5.32 Å². The molecule has 0 bridgehead atoms. The molecule has 1 heterocycles. The lowest BCUT2D eigenvalue weighted by Gasteiger charge is -2.17. The number of hydrogen-bond acceptors (Lipinski definition) is 1. The maximum absolute atomic E-state index is 3.36. The first-order valence-electron chi connectivity index (χ1n) is 3.85. The molecule has 1 N–H and O–H groups in total. The Hall–Kier alpha value is -0.0900. The molecule has 0 aliphatic carbocycles. The molecule has 0 aromatic heterocycles. The lowest BCUT2D eigenvalue weighted by Crippen LogP contribution is -2.24. The number of fused-ring (bicyclic) bond motifs is 1. The molecule has 2 heteroatoms. The van der Waals surface area contributed by atoms with Crippen molar-refractivity contribution in [3.05, 3.63) is 32.9 Å². The van der Waals surface area contributed by atoms with Gasteiger partial charge in [-0.3, -0.25) is 0 Å². The number of rotatable bonds is 0. The van der Waals surface area contributed by atoms with Crippen LogP contribution in [0.5, 0.6) is 0 Å². The highest BCUT2D eigenvalue weighted by atomic mass is 127. The van der Waals surface area contributed by atoms with Crippen LogP contribution in [-0.2, 0) is 13.0 Å². The van der Waals surface area contributed by atoms with Gasteiger partial charge in [0.05, 0.1) is 0 Å². The summed E-state index contributed by atoms with van der Waals surface area (Å²) in [5.74, 6) is 0.